The maximum Gasteiger partial charge on any atom is 0.241 e. The van der Waals surface area contributed by atoms with Crippen LogP contribution in [-0.2, 0) is 10.0 Å². The highest BCUT2D eigenvalue weighted by atomic mass is 127. The molecular formula is C16H18INO4S. The van der Waals surface area contributed by atoms with Crippen LogP contribution < -0.4 is 14.2 Å². The molecule has 124 valence electrons. The van der Waals surface area contributed by atoms with Gasteiger partial charge in [-0.25, -0.2) is 13.1 Å². The standard InChI is InChI=1S/C16H18INO4S/c1-11(12-4-6-13(21-2)7-5-12)18-23(19,20)14-8-9-16(22-3)15(17)10-14/h4-11,18H,1-3H3. The summed E-state index contributed by atoms with van der Waals surface area (Å²) in [5, 5.41) is 0. The van der Waals surface area contributed by atoms with Gasteiger partial charge in [0.1, 0.15) is 11.5 Å². The van der Waals surface area contributed by atoms with Gasteiger partial charge in [-0.2, -0.15) is 0 Å². The average Bonchev–Trinajstić information content (AvgIpc) is 2.54. The molecule has 0 saturated heterocycles. The number of ether oxygens (including phenoxy) is 2. The number of halogens is 1. The van der Waals surface area contributed by atoms with Crippen molar-refractivity contribution in [3.05, 3.63) is 51.6 Å². The molecule has 5 nitrogen and oxygen atoms in total. The molecule has 0 aliphatic carbocycles. The Labute approximate surface area is 150 Å². The molecule has 23 heavy (non-hydrogen) atoms. The van der Waals surface area contributed by atoms with Crippen LogP contribution in [-0.4, -0.2) is 22.6 Å². The van der Waals surface area contributed by atoms with Crippen LogP contribution in [0.5, 0.6) is 11.5 Å². The van der Waals surface area contributed by atoms with E-state index in [1.807, 2.05) is 34.7 Å². The van der Waals surface area contributed by atoms with Crippen molar-refractivity contribution >= 4 is 32.6 Å². The predicted molar refractivity (Wildman–Crippen MR) is 97.4 cm³/mol. The third kappa shape index (κ3) is 4.36. The van der Waals surface area contributed by atoms with E-state index in [4.69, 9.17) is 9.47 Å². The number of rotatable bonds is 6. The largest absolute Gasteiger partial charge is 0.497 e. The molecule has 0 aliphatic heterocycles. The van der Waals surface area contributed by atoms with Crippen molar-refractivity contribution in [2.24, 2.45) is 0 Å². The molecule has 1 N–H and O–H groups in total. The van der Waals surface area contributed by atoms with Crippen molar-refractivity contribution in [2.75, 3.05) is 14.2 Å². The van der Waals surface area contributed by atoms with Crippen LogP contribution in [0.25, 0.3) is 0 Å². The summed E-state index contributed by atoms with van der Waals surface area (Å²) in [4.78, 5) is 0.211. The SMILES string of the molecule is COc1ccc(C(C)NS(=O)(=O)c2ccc(OC)c(I)c2)cc1. The van der Waals surface area contributed by atoms with Gasteiger partial charge in [0.05, 0.1) is 22.7 Å². The molecule has 0 bridgehead atoms. The van der Waals surface area contributed by atoms with Gasteiger partial charge in [-0.05, 0) is 65.4 Å². The first kappa shape index (κ1) is 18.0. The zero-order valence-corrected chi connectivity index (χ0v) is 16.0. The molecule has 7 heteroatoms. The minimum atomic E-state index is -3.61. The van der Waals surface area contributed by atoms with E-state index in [2.05, 4.69) is 4.72 Å². The van der Waals surface area contributed by atoms with Crippen LogP contribution in [0.3, 0.4) is 0 Å². The predicted octanol–water partition coefficient (Wildman–Crippen LogP) is 3.35. The van der Waals surface area contributed by atoms with Crippen molar-refractivity contribution in [3.8, 4) is 11.5 Å². The van der Waals surface area contributed by atoms with E-state index in [9.17, 15) is 8.42 Å². The summed E-state index contributed by atoms with van der Waals surface area (Å²) in [7, 11) is -0.471. The van der Waals surface area contributed by atoms with Crippen molar-refractivity contribution in [1.82, 2.24) is 4.72 Å². The fraction of sp³-hybridized carbons (Fsp3) is 0.250. The van der Waals surface area contributed by atoms with Crippen LogP contribution in [0.1, 0.15) is 18.5 Å². The van der Waals surface area contributed by atoms with E-state index in [1.165, 1.54) is 6.07 Å². The smallest absolute Gasteiger partial charge is 0.241 e. The molecule has 0 aromatic heterocycles. The molecule has 0 spiro atoms. The summed E-state index contributed by atoms with van der Waals surface area (Å²) in [6, 6.07) is 11.7. The minimum Gasteiger partial charge on any atom is -0.497 e. The molecule has 0 saturated carbocycles. The van der Waals surface area contributed by atoms with E-state index >= 15 is 0 Å². The summed E-state index contributed by atoms with van der Waals surface area (Å²) in [6.45, 7) is 1.80. The second-order valence-electron chi connectivity index (χ2n) is 4.91. The maximum atomic E-state index is 12.5. The fourth-order valence-corrected chi connectivity index (χ4v) is 4.28. The van der Waals surface area contributed by atoms with Gasteiger partial charge in [-0.15, -0.1) is 0 Å². The minimum absolute atomic E-state index is 0.211. The van der Waals surface area contributed by atoms with Crippen LogP contribution in [0.2, 0.25) is 0 Å². The Balaban J connectivity index is 2.21. The first-order chi connectivity index (χ1) is 10.9. The van der Waals surface area contributed by atoms with Gasteiger partial charge in [-0.1, -0.05) is 12.1 Å². The Bertz CT molecular complexity index is 775. The monoisotopic (exact) mass is 447 g/mol. The van der Waals surface area contributed by atoms with Gasteiger partial charge < -0.3 is 9.47 Å². The Hall–Kier alpha value is -1.32. The molecule has 0 aliphatic rings. The number of hydrogen-bond acceptors (Lipinski definition) is 4. The number of methoxy groups -OCH3 is 2. The number of nitrogens with one attached hydrogen (secondary N) is 1. The molecule has 1 unspecified atom stereocenters. The molecule has 0 amide bonds. The Morgan fingerprint density at radius 3 is 2.22 bits per heavy atom. The lowest BCUT2D eigenvalue weighted by atomic mass is 10.1. The average molecular weight is 447 g/mol. The topological polar surface area (TPSA) is 64.6 Å². The highest BCUT2D eigenvalue weighted by Crippen LogP contribution is 2.25. The van der Waals surface area contributed by atoms with Gasteiger partial charge in [-0.3, -0.25) is 0 Å². The molecular weight excluding hydrogens is 429 g/mol. The second kappa shape index (κ2) is 7.50. The van der Waals surface area contributed by atoms with Gasteiger partial charge in [0.2, 0.25) is 10.0 Å². The third-order valence-electron chi connectivity index (χ3n) is 3.38. The highest BCUT2D eigenvalue weighted by Gasteiger charge is 2.19. The van der Waals surface area contributed by atoms with E-state index in [0.717, 1.165) is 14.9 Å². The van der Waals surface area contributed by atoms with Crippen LogP contribution >= 0.6 is 22.6 Å². The molecule has 0 fully saturated rings. The summed E-state index contributed by atoms with van der Waals surface area (Å²) < 4.78 is 38.7. The quantitative estimate of drug-likeness (QED) is 0.691. The molecule has 0 heterocycles. The summed E-state index contributed by atoms with van der Waals surface area (Å²) in [6.07, 6.45) is 0. The lowest BCUT2D eigenvalue weighted by Crippen LogP contribution is -2.27. The summed E-state index contributed by atoms with van der Waals surface area (Å²) in [5.74, 6) is 1.38. The van der Waals surface area contributed by atoms with Crippen molar-refractivity contribution in [2.45, 2.75) is 17.9 Å². The molecule has 2 aromatic rings. The normalized spacial score (nSPS) is 12.7. The van der Waals surface area contributed by atoms with Gasteiger partial charge in [0.15, 0.2) is 0 Å². The van der Waals surface area contributed by atoms with Crippen LogP contribution in [0.4, 0.5) is 0 Å². The van der Waals surface area contributed by atoms with Crippen molar-refractivity contribution in [3.63, 3.8) is 0 Å². The van der Waals surface area contributed by atoms with Crippen LogP contribution in [0, 0.1) is 3.57 Å². The molecule has 2 aromatic carbocycles. The lowest BCUT2D eigenvalue weighted by molar-refractivity contribution is 0.411. The molecule has 2 rings (SSSR count). The lowest BCUT2D eigenvalue weighted by Gasteiger charge is -2.15. The number of hydrogen-bond donors (Lipinski definition) is 1. The van der Waals surface area contributed by atoms with E-state index < -0.39 is 10.0 Å². The third-order valence-corrected chi connectivity index (χ3v) is 5.76. The second-order valence-corrected chi connectivity index (χ2v) is 7.79. The summed E-state index contributed by atoms with van der Waals surface area (Å²) in [5.41, 5.74) is 0.859. The van der Waals surface area contributed by atoms with Crippen molar-refractivity contribution in [1.29, 1.82) is 0 Å². The van der Waals surface area contributed by atoms with E-state index in [0.29, 0.717) is 5.75 Å². The van der Waals surface area contributed by atoms with Gasteiger partial charge in [0, 0.05) is 6.04 Å². The van der Waals surface area contributed by atoms with Crippen LogP contribution in [0.15, 0.2) is 47.4 Å². The Morgan fingerprint density at radius 2 is 1.70 bits per heavy atom. The Morgan fingerprint density at radius 1 is 1.04 bits per heavy atom. The highest BCUT2D eigenvalue weighted by molar-refractivity contribution is 14.1. The maximum absolute atomic E-state index is 12.5. The van der Waals surface area contributed by atoms with E-state index in [1.54, 1.807) is 45.4 Å². The molecule has 0 radical (unpaired) electrons. The zero-order valence-electron chi connectivity index (χ0n) is 13.0. The van der Waals surface area contributed by atoms with Gasteiger partial charge >= 0.3 is 0 Å². The fourth-order valence-electron chi connectivity index (χ4n) is 2.08. The Kier molecular flexibility index (Phi) is 5.88. The first-order valence-electron chi connectivity index (χ1n) is 6.87. The number of benzene rings is 2. The summed E-state index contributed by atoms with van der Waals surface area (Å²) >= 11 is 2.05. The number of sulfonamides is 1. The van der Waals surface area contributed by atoms with E-state index in [-0.39, 0.29) is 10.9 Å². The van der Waals surface area contributed by atoms with Crippen molar-refractivity contribution < 1.29 is 17.9 Å². The first-order valence-corrected chi connectivity index (χ1v) is 9.43. The van der Waals surface area contributed by atoms with Gasteiger partial charge in [0.25, 0.3) is 0 Å². The molecule has 1 atom stereocenters. The zero-order chi connectivity index (χ0) is 17.0.